The van der Waals surface area contributed by atoms with Crippen LogP contribution in [0.4, 0.5) is 0 Å². The van der Waals surface area contributed by atoms with E-state index in [1.165, 1.54) is 17.8 Å². The maximum absolute atomic E-state index is 5.55. The van der Waals surface area contributed by atoms with E-state index in [1.54, 1.807) is 11.3 Å². The number of ether oxygens (including phenoxy) is 1. The van der Waals surface area contributed by atoms with E-state index in [9.17, 15) is 0 Å². The summed E-state index contributed by atoms with van der Waals surface area (Å²) in [5.74, 6) is 0. The summed E-state index contributed by atoms with van der Waals surface area (Å²) in [6.45, 7) is 6.02. The van der Waals surface area contributed by atoms with Gasteiger partial charge in [-0.15, -0.1) is 17.9 Å². The largest absolute Gasteiger partial charge is 0.375 e. The van der Waals surface area contributed by atoms with Crippen molar-refractivity contribution in [1.29, 1.82) is 0 Å². The quantitative estimate of drug-likeness (QED) is 0.542. The van der Waals surface area contributed by atoms with Crippen molar-refractivity contribution in [1.82, 2.24) is 10.3 Å². The average Bonchev–Trinajstić information content (AvgIpc) is 3.06. The van der Waals surface area contributed by atoms with Crippen LogP contribution >= 0.6 is 11.3 Å². The van der Waals surface area contributed by atoms with Gasteiger partial charge in [0, 0.05) is 24.6 Å². The fraction of sp³-hybridized carbons (Fsp3) is 0.615. The van der Waals surface area contributed by atoms with Crippen LogP contribution in [-0.4, -0.2) is 17.6 Å². The topological polar surface area (TPSA) is 34.1 Å². The number of allylic oxidation sites excluding steroid dienone is 1. The smallest absolute Gasteiger partial charge is 0.107 e. The monoisotopic (exact) mass is 252 g/mol. The lowest BCUT2D eigenvalue weighted by molar-refractivity contribution is 0.117. The summed E-state index contributed by atoms with van der Waals surface area (Å²) in [6.07, 6.45) is 6.64. The van der Waals surface area contributed by atoms with Crippen molar-refractivity contribution in [3.63, 3.8) is 0 Å². The van der Waals surface area contributed by atoms with Crippen molar-refractivity contribution in [2.24, 2.45) is 0 Å². The molecule has 1 aliphatic rings. The molecule has 1 aromatic rings. The predicted molar refractivity (Wildman–Crippen MR) is 71.1 cm³/mol. The van der Waals surface area contributed by atoms with Gasteiger partial charge >= 0.3 is 0 Å². The fourth-order valence-corrected chi connectivity index (χ4v) is 2.25. The molecule has 4 heteroatoms. The molecule has 0 aliphatic heterocycles. The molecule has 17 heavy (non-hydrogen) atoms. The van der Waals surface area contributed by atoms with Gasteiger partial charge in [-0.05, 0) is 25.7 Å². The van der Waals surface area contributed by atoms with Crippen molar-refractivity contribution in [2.75, 3.05) is 6.61 Å². The van der Waals surface area contributed by atoms with E-state index in [-0.39, 0.29) is 0 Å². The van der Waals surface area contributed by atoms with Gasteiger partial charge in [0.1, 0.15) is 5.01 Å². The average molecular weight is 252 g/mol. The molecule has 1 N–H and O–H groups in total. The van der Waals surface area contributed by atoms with Crippen LogP contribution in [-0.2, 0) is 17.9 Å². The summed E-state index contributed by atoms with van der Waals surface area (Å²) >= 11 is 1.72. The van der Waals surface area contributed by atoms with Crippen LogP contribution in [0.1, 0.15) is 36.4 Å². The van der Waals surface area contributed by atoms with E-state index in [0.29, 0.717) is 6.61 Å². The van der Waals surface area contributed by atoms with E-state index < -0.39 is 0 Å². The summed E-state index contributed by atoms with van der Waals surface area (Å²) in [5.41, 5.74) is 1.06. The minimum Gasteiger partial charge on any atom is -0.375 e. The molecule has 1 heterocycles. The van der Waals surface area contributed by atoms with E-state index in [4.69, 9.17) is 4.74 Å². The Bertz CT molecular complexity index is 347. The van der Waals surface area contributed by atoms with E-state index in [1.807, 2.05) is 6.08 Å². The first-order valence-electron chi connectivity index (χ1n) is 6.24. The number of hydrogen-bond donors (Lipinski definition) is 1. The first-order chi connectivity index (χ1) is 8.38. The maximum Gasteiger partial charge on any atom is 0.107 e. The third kappa shape index (κ3) is 4.98. The fourth-order valence-electron chi connectivity index (χ4n) is 1.52. The van der Waals surface area contributed by atoms with Crippen LogP contribution in [0.25, 0.3) is 0 Å². The van der Waals surface area contributed by atoms with E-state index in [0.717, 1.165) is 37.7 Å². The summed E-state index contributed by atoms with van der Waals surface area (Å²) in [5, 5.41) is 6.73. The van der Waals surface area contributed by atoms with Gasteiger partial charge < -0.3 is 10.1 Å². The zero-order chi connectivity index (χ0) is 11.9. The molecule has 0 spiro atoms. The summed E-state index contributed by atoms with van der Waals surface area (Å²) < 4.78 is 5.55. The highest BCUT2D eigenvalue weighted by atomic mass is 32.1. The second kappa shape index (κ2) is 6.89. The Kier molecular flexibility index (Phi) is 5.16. The molecule has 0 unspecified atom stereocenters. The molecule has 0 atom stereocenters. The highest BCUT2D eigenvalue weighted by Crippen LogP contribution is 2.20. The zero-order valence-corrected chi connectivity index (χ0v) is 11.0. The first-order valence-corrected chi connectivity index (χ1v) is 7.12. The van der Waals surface area contributed by atoms with E-state index in [2.05, 4.69) is 22.3 Å². The Hall–Kier alpha value is -0.710. The maximum atomic E-state index is 5.55. The normalized spacial score (nSPS) is 15.1. The summed E-state index contributed by atoms with van der Waals surface area (Å²) in [6, 6.07) is 0.748. The third-order valence-electron chi connectivity index (χ3n) is 2.67. The van der Waals surface area contributed by atoms with Crippen LogP contribution in [0.5, 0.6) is 0 Å². The van der Waals surface area contributed by atoms with Gasteiger partial charge in [-0.2, -0.15) is 0 Å². The Morgan fingerprint density at radius 1 is 1.59 bits per heavy atom. The molecule has 2 rings (SSSR count). The van der Waals surface area contributed by atoms with Crippen molar-refractivity contribution in [3.05, 3.63) is 28.7 Å². The number of rotatable bonds is 9. The Balaban J connectivity index is 1.61. The summed E-state index contributed by atoms with van der Waals surface area (Å²) in [7, 11) is 0. The number of hydrogen-bond acceptors (Lipinski definition) is 4. The van der Waals surface area contributed by atoms with Gasteiger partial charge in [-0.1, -0.05) is 6.08 Å². The van der Waals surface area contributed by atoms with Gasteiger partial charge in [0.15, 0.2) is 0 Å². The molecule has 0 radical (unpaired) electrons. The standard InChI is InChI=1S/C13H20N2OS/c1-2-3-4-7-16-9-12-10-17-13(15-12)8-14-11-5-6-11/h2,10-11,14H,1,3-9H2. The molecule has 1 aromatic heterocycles. The minimum atomic E-state index is 0.636. The number of thiazole rings is 1. The van der Waals surface area contributed by atoms with Gasteiger partial charge in [-0.3, -0.25) is 0 Å². The number of unbranched alkanes of at least 4 members (excludes halogenated alkanes) is 1. The molecule has 0 amide bonds. The first kappa shape index (κ1) is 12.7. The van der Waals surface area contributed by atoms with Gasteiger partial charge in [0.2, 0.25) is 0 Å². The van der Waals surface area contributed by atoms with Gasteiger partial charge in [-0.25, -0.2) is 4.98 Å². The number of nitrogens with one attached hydrogen (secondary N) is 1. The number of aromatic nitrogens is 1. The molecule has 3 nitrogen and oxygen atoms in total. The predicted octanol–water partition coefficient (Wildman–Crippen LogP) is 2.88. The Morgan fingerprint density at radius 3 is 3.24 bits per heavy atom. The molecular weight excluding hydrogens is 232 g/mol. The number of nitrogens with zero attached hydrogens (tertiary/aromatic N) is 1. The third-order valence-corrected chi connectivity index (χ3v) is 3.56. The molecule has 0 saturated heterocycles. The van der Waals surface area contributed by atoms with Crippen LogP contribution < -0.4 is 5.32 Å². The van der Waals surface area contributed by atoms with Gasteiger partial charge in [0.25, 0.3) is 0 Å². The molecule has 1 aliphatic carbocycles. The van der Waals surface area contributed by atoms with Crippen LogP contribution in [0.3, 0.4) is 0 Å². The second-order valence-electron chi connectivity index (χ2n) is 4.37. The van der Waals surface area contributed by atoms with Crippen molar-refractivity contribution < 1.29 is 4.74 Å². The Morgan fingerprint density at radius 2 is 2.47 bits per heavy atom. The van der Waals surface area contributed by atoms with E-state index >= 15 is 0 Å². The molecular formula is C13H20N2OS. The molecule has 0 aromatic carbocycles. The lowest BCUT2D eigenvalue weighted by atomic mass is 10.3. The lowest BCUT2D eigenvalue weighted by Gasteiger charge is -2.00. The summed E-state index contributed by atoms with van der Waals surface area (Å²) in [4.78, 5) is 4.54. The van der Waals surface area contributed by atoms with Crippen molar-refractivity contribution >= 4 is 11.3 Å². The van der Waals surface area contributed by atoms with Crippen LogP contribution in [0.15, 0.2) is 18.0 Å². The second-order valence-corrected chi connectivity index (χ2v) is 5.31. The molecule has 1 saturated carbocycles. The highest BCUT2D eigenvalue weighted by Gasteiger charge is 2.20. The van der Waals surface area contributed by atoms with Gasteiger partial charge in [0.05, 0.1) is 12.3 Å². The van der Waals surface area contributed by atoms with Crippen molar-refractivity contribution in [3.8, 4) is 0 Å². The SMILES string of the molecule is C=CCCCOCc1csc(CNC2CC2)n1. The highest BCUT2D eigenvalue weighted by molar-refractivity contribution is 7.09. The Labute approximate surface area is 107 Å². The molecule has 0 bridgehead atoms. The molecule has 94 valence electrons. The zero-order valence-electron chi connectivity index (χ0n) is 10.2. The van der Waals surface area contributed by atoms with Crippen LogP contribution in [0, 0.1) is 0 Å². The lowest BCUT2D eigenvalue weighted by Crippen LogP contribution is -2.15. The van der Waals surface area contributed by atoms with Crippen LogP contribution in [0.2, 0.25) is 0 Å². The molecule has 1 fully saturated rings. The van der Waals surface area contributed by atoms with Crippen molar-refractivity contribution in [2.45, 2.75) is 44.9 Å². The minimum absolute atomic E-state index is 0.636.